The zero-order valence-electron chi connectivity index (χ0n) is 16.8. The van der Waals surface area contributed by atoms with E-state index in [1.165, 1.54) is 17.5 Å². The first-order valence-corrected chi connectivity index (χ1v) is 12.0. The number of rotatable bonds is 5. The maximum atomic E-state index is 13.5. The Labute approximate surface area is 192 Å². The lowest BCUT2D eigenvalue weighted by molar-refractivity contribution is -0.115. The summed E-state index contributed by atoms with van der Waals surface area (Å²) in [6.45, 7) is 0. The molecular formula is C23H15F2N3O3S2. The van der Waals surface area contributed by atoms with Crippen LogP contribution in [0.2, 0.25) is 0 Å². The number of nitrogens with one attached hydrogen (secondary N) is 2. The Hall–Kier alpha value is -3.63. The number of sulfonamides is 1. The second-order valence-corrected chi connectivity index (χ2v) is 10.2. The maximum absolute atomic E-state index is 13.5. The minimum atomic E-state index is -4.21. The summed E-state index contributed by atoms with van der Waals surface area (Å²) in [5.74, 6) is -2.00. The molecule has 0 fully saturated rings. The van der Waals surface area contributed by atoms with Gasteiger partial charge in [-0.15, -0.1) is 11.3 Å². The van der Waals surface area contributed by atoms with Gasteiger partial charge in [-0.3, -0.25) is 14.5 Å². The van der Waals surface area contributed by atoms with Crippen molar-refractivity contribution in [3.63, 3.8) is 0 Å². The summed E-state index contributed by atoms with van der Waals surface area (Å²) in [6.07, 6.45) is 3.26. The fraction of sp³-hybridized carbons (Fsp3) is 0.0435. The lowest BCUT2D eigenvalue weighted by atomic mass is 10.1. The van der Waals surface area contributed by atoms with Crippen LogP contribution in [0.15, 0.2) is 71.9 Å². The Kier molecular flexibility index (Phi) is 5.18. The molecule has 0 saturated carbocycles. The number of hydrogen-bond donors (Lipinski definition) is 2. The molecule has 0 saturated heterocycles. The van der Waals surface area contributed by atoms with Gasteiger partial charge in [0, 0.05) is 33.3 Å². The van der Waals surface area contributed by atoms with Gasteiger partial charge >= 0.3 is 0 Å². The number of carbonyl (C=O) groups excluding carboxylic acids is 1. The second-order valence-electron chi connectivity index (χ2n) is 7.43. The highest BCUT2D eigenvalue weighted by molar-refractivity contribution is 7.92. The van der Waals surface area contributed by atoms with Crippen molar-refractivity contribution in [1.29, 1.82) is 0 Å². The Morgan fingerprint density at radius 2 is 1.64 bits per heavy atom. The first-order valence-electron chi connectivity index (χ1n) is 9.74. The monoisotopic (exact) mass is 483 g/mol. The number of aromatic nitrogens is 1. The Balaban J connectivity index is 1.41. The molecule has 33 heavy (non-hydrogen) atoms. The molecule has 0 bridgehead atoms. The van der Waals surface area contributed by atoms with Gasteiger partial charge in [-0.05, 0) is 53.6 Å². The van der Waals surface area contributed by atoms with Gasteiger partial charge < -0.3 is 5.32 Å². The van der Waals surface area contributed by atoms with E-state index in [1.807, 2.05) is 30.3 Å². The molecule has 0 radical (unpaired) electrons. The lowest BCUT2D eigenvalue weighted by Gasteiger charge is -2.09. The van der Waals surface area contributed by atoms with Gasteiger partial charge in [-0.1, -0.05) is 6.07 Å². The van der Waals surface area contributed by atoms with Crippen LogP contribution in [-0.4, -0.2) is 19.3 Å². The van der Waals surface area contributed by atoms with Crippen LogP contribution in [0.3, 0.4) is 0 Å². The number of fused-ring (bicyclic) bond motifs is 1. The quantitative estimate of drug-likeness (QED) is 0.416. The minimum Gasteiger partial charge on any atom is -0.326 e. The van der Waals surface area contributed by atoms with Crippen LogP contribution in [0.1, 0.15) is 5.56 Å². The van der Waals surface area contributed by atoms with E-state index in [-0.39, 0.29) is 11.6 Å². The molecule has 0 unspecified atom stereocenters. The normalized spacial score (nSPS) is 13.0. The molecule has 0 atom stereocenters. The van der Waals surface area contributed by atoms with Crippen molar-refractivity contribution in [3.8, 4) is 20.9 Å². The third-order valence-corrected chi connectivity index (χ3v) is 7.59. The third kappa shape index (κ3) is 4.35. The first kappa shape index (κ1) is 21.2. The molecule has 0 spiro atoms. The van der Waals surface area contributed by atoms with Crippen molar-refractivity contribution < 1.29 is 22.0 Å². The van der Waals surface area contributed by atoms with E-state index in [0.29, 0.717) is 18.1 Å². The molecule has 1 aliphatic rings. The SMILES string of the molecule is O=C1Cc2cc(-c3ccc(-c4cncc(NS(=O)(=O)c5cc(F)cc(F)c5)c4)s3)ccc2N1. The molecule has 4 aromatic rings. The highest BCUT2D eigenvalue weighted by atomic mass is 32.2. The van der Waals surface area contributed by atoms with Crippen LogP contribution in [0, 0.1) is 11.6 Å². The summed E-state index contributed by atoms with van der Waals surface area (Å²) in [4.78, 5) is 17.0. The number of hydrogen-bond acceptors (Lipinski definition) is 5. The number of anilines is 2. The van der Waals surface area contributed by atoms with E-state index in [0.717, 1.165) is 38.7 Å². The topological polar surface area (TPSA) is 88.2 Å². The van der Waals surface area contributed by atoms with E-state index in [9.17, 15) is 22.0 Å². The second kappa shape index (κ2) is 8.05. The van der Waals surface area contributed by atoms with Crippen LogP contribution in [0.25, 0.3) is 20.9 Å². The molecule has 1 amide bonds. The maximum Gasteiger partial charge on any atom is 0.262 e. The van der Waals surface area contributed by atoms with E-state index in [4.69, 9.17) is 0 Å². The van der Waals surface area contributed by atoms with Crippen molar-refractivity contribution in [2.75, 3.05) is 10.0 Å². The van der Waals surface area contributed by atoms with Gasteiger partial charge in [-0.25, -0.2) is 17.2 Å². The number of thiophene rings is 1. The standard InChI is InChI=1S/C23H15F2N3O3S2/c24-16-8-17(25)10-19(9-16)33(30,31)28-18-6-15(11-26-12-18)22-4-3-21(32-22)13-1-2-20-14(5-13)7-23(29)27-20/h1-6,8-12,28H,7H2,(H,27,29). The average molecular weight is 484 g/mol. The predicted molar refractivity (Wildman–Crippen MR) is 122 cm³/mol. The number of pyridine rings is 1. The predicted octanol–water partition coefficient (Wildman–Crippen LogP) is 5.05. The van der Waals surface area contributed by atoms with Gasteiger partial charge in [0.2, 0.25) is 5.91 Å². The van der Waals surface area contributed by atoms with Crippen molar-refractivity contribution >= 4 is 38.6 Å². The summed E-state index contributed by atoms with van der Waals surface area (Å²) in [5.41, 5.74) is 3.57. The lowest BCUT2D eigenvalue weighted by Crippen LogP contribution is -2.13. The smallest absolute Gasteiger partial charge is 0.262 e. The molecule has 2 aromatic heterocycles. The van der Waals surface area contributed by atoms with E-state index >= 15 is 0 Å². The van der Waals surface area contributed by atoms with E-state index in [2.05, 4.69) is 15.0 Å². The molecule has 166 valence electrons. The molecule has 2 aromatic carbocycles. The van der Waals surface area contributed by atoms with Crippen molar-refractivity contribution in [2.45, 2.75) is 11.3 Å². The largest absolute Gasteiger partial charge is 0.326 e. The summed E-state index contributed by atoms with van der Waals surface area (Å²) < 4.78 is 54.3. The molecular weight excluding hydrogens is 468 g/mol. The van der Waals surface area contributed by atoms with Crippen molar-refractivity contribution in [1.82, 2.24) is 4.98 Å². The summed E-state index contributed by atoms with van der Waals surface area (Å²) >= 11 is 1.49. The third-order valence-electron chi connectivity index (χ3n) is 5.04. The van der Waals surface area contributed by atoms with Crippen LogP contribution in [0.4, 0.5) is 20.2 Å². The molecule has 3 heterocycles. The van der Waals surface area contributed by atoms with Crippen LogP contribution in [0.5, 0.6) is 0 Å². The summed E-state index contributed by atoms with van der Waals surface area (Å²) in [7, 11) is -4.21. The molecule has 2 N–H and O–H groups in total. The molecule has 10 heteroatoms. The Bertz CT molecular complexity index is 1500. The zero-order chi connectivity index (χ0) is 23.2. The van der Waals surface area contributed by atoms with Crippen molar-refractivity contribution in [2.24, 2.45) is 0 Å². The molecule has 0 aliphatic carbocycles. The van der Waals surface area contributed by atoms with Crippen LogP contribution < -0.4 is 10.0 Å². The Morgan fingerprint density at radius 1 is 0.909 bits per heavy atom. The zero-order valence-corrected chi connectivity index (χ0v) is 18.4. The van der Waals surface area contributed by atoms with E-state index in [1.54, 1.807) is 12.3 Å². The fourth-order valence-electron chi connectivity index (χ4n) is 3.56. The van der Waals surface area contributed by atoms with Gasteiger partial charge in [-0.2, -0.15) is 0 Å². The molecule has 1 aliphatic heterocycles. The number of nitrogens with zero attached hydrogens (tertiary/aromatic N) is 1. The van der Waals surface area contributed by atoms with Crippen LogP contribution in [-0.2, 0) is 21.2 Å². The minimum absolute atomic E-state index is 0.0275. The number of carbonyl (C=O) groups is 1. The summed E-state index contributed by atoms with van der Waals surface area (Å²) in [5, 5.41) is 2.81. The Morgan fingerprint density at radius 3 is 2.39 bits per heavy atom. The van der Waals surface area contributed by atoms with E-state index < -0.39 is 26.6 Å². The first-order chi connectivity index (χ1) is 15.8. The van der Waals surface area contributed by atoms with Gasteiger partial charge in [0.15, 0.2) is 0 Å². The van der Waals surface area contributed by atoms with Gasteiger partial charge in [0.1, 0.15) is 11.6 Å². The fourth-order valence-corrected chi connectivity index (χ4v) is 5.62. The highest BCUT2D eigenvalue weighted by Gasteiger charge is 2.19. The number of halogens is 2. The molecule has 5 rings (SSSR count). The molecule has 6 nitrogen and oxygen atoms in total. The average Bonchev–Trinajstić information content (AvgIpc) is 3.38. The number of amides is 1. The van der Waals surface area contributed by atoms with Crippen molar-refractivity contribution in [3.05, 3.63) is 84.2 Å². The summed E-state index contributed by atoms with van der Waals surface area (Å²) in [6, 6.07) is 13.3. The van der Waals surface area contributed by atoms with Crippen LogP contribution >= 0.6 is 11.3 Å². The van der Waals surface area contributed by atoms with Gasteiger partial charge in [0.25, 0.3) is 10.0 Å². The number of benzene rings is 2. The highest BCUT2D eigenvalue weighted by Crippen LogP contribution is 2.37. The van der Waals surface area contributed by atoms with Gasteiger partial charge in [0.05, 0.1) is 23.2 Å².